The first kappa shape index (κ1) is 26.0. The Kier molecular flexibility index (Phi) is 5.53. The topological polar surface area (TPSA) is 3.24 Å². The third-order valence-electron chi connectivity index (χ3n) is 10.1. The van der Waals surface area contributed by atoms with E-state index in [1.807, 2.05) is 0 Å². The first-order chi connectivity index (χ1) is 22.0. The Bertz CT molecular complexity index is 2400. The fourth-order valence-corrected chi connectivity index (χ4v) is 8.08. The number of nitrogens with zero attached hydrogens (tertiary/aromatic N) is 1. The Balaban J connectivity index is 1.34. The Morgan fingerprint density at radius 3 is 2.00 bits per heavy atom. The molecule has 0 heterocycles. The highest BCUT2D eigenvalue weighted by Crippen LogP contribution is 2.57. The van der Waals surface area contributed by atoms with Gasteiger partial charge in [-0.25, -0.2) is 0 Å². The van der Waals surface area contributed by atoms with Crippen molar-refractivity contribution in [2.24, 2.45) is 0 Å². The van der Waals surface area contributed by atoms with E-state index in [9.17, 15) is 0 Å². The van der Waals surface area contributed by atoms with Crippen LogP contribution in [0.3, 0.4) is 0 Å². The van der Waals surface area contributed by atoms with E-state index in [-0.39, 0.29) is 5.41 Å². The van der Waals surface area contributed by atoms with Crippen LogP contribution in [0.2, 0.25) is 0 Å². The Morgan fingerprint density at radius 1 is 0.511 bits per heavy atom. The number of para-hydroxylation sites is 2. The molecule has 0 atom stereocenters. The first-order valence-corrected chi connectivity index (χ1v) is 15.9. The molecule has 0 saturated carbocycles. The van der Waals surface area contributed by atoms with Gasteiger partial charge in [-0.3, -0.25) is 0 Å². The average Bonchev–Trinajstić information content (AvgIpc) is 3.32. The summed E-state index contributed by atoms with van der Waals surface area (Å²) >= 11 is 0. The van der Waals surface area contributed by atoms with E-state index in [0.717, 1.165) is 5.69 Å². The lowest BCUT2D eigenvalue weighted by atomic mass is 9.77. The van der Waals surface area contributed by atoms with Crippen molar-refractivity contribution in [3.05, 3.63) is 162 Å². The predicted molar refractivity (Wildman–Crippen MR) is 193 cm³/mol. The Labute approximate surface area is 264 Å². The van der Waals surface area contributed by atoms with Crippen molar-refractivity contribution >= 4 is 49.4 Å². The zero-order valence-corrected chi connectivity index (χ0v) is 25.8. The molecule has 0 saturated heterocycles. The second-order valence-corrected chi connectivity index (χ2v) is 13.0. The van der Waals surface area contributed by atoms with Gasteiger partial charge in [-0.05, 0) is 115 Å². The lowest BCUT2D eigenvalue weighted by molar-refractivity contribution is 0.666. The second kappa shape index (κ2) is 9.55. The molecule has 1 aliphatic carbocycles. The molecule has 0 unspecified atom stereocenters. The van der Waals surface area contributed by atoms with Gasteiger partial charge in [0.25, 0.3) is 0 Å². The summed E-state index contributed by atoms with van der Waals surface area (Å²) in [6.45, 7) is 7.04. The van der Waals surface area contributed by atoms with E-state index in [1.54, 1.807) is 0 Å². The quantitative estimate of drug-likeness (QED) is 0.189. The smallest absolute Gasteiger partial charge is 0.0490 e. The molecule has 0 amide bonds. The Hall–Kier alpha value is -5.40. The molecule has 0 bridgehead atoms. The molecule has 1 aliphatic rings. The van der Waals surface area contributed by atoms with Crippen LogP contribution in [0, 0.1) is 6.92 Å². The van der Waals surface area contributed by atoms with Gasteiger partial charge in [0.15, 0.2) is 0 Å². The van der Waals surface area contributed by atoms with Gasteiger partial charge in [0, 0.05) is 22.5 Å². The normalized spacial score (nSPS) is 13.4. The van der Waals surface area contributed by atoms with Crippen molar-refractivity contribution in [3.63, 3.8) is 0 Å². The van der Waals surface area contributed by atoms with Gasteiger partial charge in [0.1, 0.15) is 0 Å². The summed E-state index contributed by atoms with van der Waals surface area (Å²) < 4.78 is 0. The molecular weight excluding hydrogens is 542 g/mol. The summed E-state index contributed by atoms with van der Waals surface area (Å²) in [5.74, 6) is 0. The van der Waals surface area contributed by atoms with Crippen LogP contribution in [0.1, 0.15) is 30.5 Å². The number of aryl methyl sites for hydroxylation is 1. The number of anilines is 3. The summed E-state index contributed by atoms with van der Waals surface area (Å²) in [6.07, 6.45) is 0. The molecule has 1 heteroatoms. The van der Waals surface area contributed by atoms with Crippen LogP contribution >= 0.6 is 0 Å². The van der Waals surface area contributed by atoms with Crippen molar-refractivity contribution in [2.45, 2.75) is 26.2 Å². The van der Waals surface area contributed by atoms with E-state index in [0.29, 0.717) is 0 Å². The lowest BCUT2D eigenvalue weighted by Gasteiger charge is -2.29. The van der Waals surface area contributed by atoms with Crippen molar-refractivity contribution in [1.29, 1.82) is 0 Å². The van der Waals surface area contributed by atoms with Crippen LogP contribution in [0.5, 0.6) is 0 Å². The maximum absolute atomic E-state index is 2.45. The van der Waals surface area contributed by atoms with Crippen LogP contribution in [0.25, 0.3) is 54.6 Å². The zero-order valence-electron chi connectivity index (χ0n) is 25.8. The molecule has 0 fully saturated rings. The SMILES string of the molecule is Cc1ccccc1N(c1ccccc1)c1ccc2c(c1)C(C)(C)c1c-2c2cccc3cc(-c4ccccc4)c4cccc1c4c32. The highest BCUT2D eigenvalue weighted by molar-refractivity contribution is 6.31. The zero-order chi connectivity index (χ0) is 30.3. The van der Waals surface area contributed by atoms with Crippen LogP contribution < -0.4 is 4.90 Å². The fraction of sp³-hybridized carbons (Fsp3) is 0.0909. The second-order valence-electron chi connectivity index (χ2n) is 13.0. The van der Waals surface area contributed by atoms with Crippen LogP contribution in [-0.4, -0.2) is 0 Å². The van der Waals surface area contributed by atoms with E-state index < -0.39 is 0 Å². The standard InChI is InChI=1S/C44H33N/c1-28-14-10-11-23-39(28)45(31-18-8-5-9-19-31)32-24-25-34-38(27-32)44(2,3)43-36-22-13-20-33-37(29-15-6-4-7-16-29)26-30-17-12-21-35(42(34)43)40(30)41(33)36/h4-27H,1-3H3. The number of hydrogen-bond acceptors (Lipinski definition) is 1. The largest absolute Gasteiger partial charge is 0.310 e. The molecule has 214 valence electrons. The van der Waals surface area contributed by atoms with Gasteiger partial charge < -0.3 is 4.90 Å². The van der Waals surface area contributed by atoms with Gasteiger partial charge in [0.05, 0.1) is 0 Å². The maximum atomic E-state index is 2.45. The molecule has 9 rings (SSSR count). The van der Waals surface area contributed by atoms with Gasteiger partial charge in [0.2, 0.25) is 0 Å². The van der Waals surface area contributed by atoms with E-state index in [4.69, 9.17) is 0 Å². The number of benzene rings is 8. The summed E-state index contributed by atoms with van der Waals surface area (Å²) in [5, 5.41) is 8.10. The number of rotatable bonds is 4. The van der Waals surface area contributed by atoms with Crippen molar-refractivity contribution < 1.29 is 0 Å². The summed E-state index contributed by atoms with van der Waals surface area (Å²) in [5.41, 5.74) is 12.7. The minimum absolute atomic E-state index is 0.189. The number of fused-ring (bicyclic) bond motifs is 5. The van der Waals surface area contributed by atoms with Crippen LogP contribution in [0.15, 0.2) is 146 Å². The molecule has 8 aromatic rings. The summed E-state index contributed by atoms with van der Waals surface area (Å²) in [6, 6.07) is 53.6. The Morgan fingerprint density at radius 2 is 1.20 bits per heavy atom. The molecule has 0 radical (unpaired) electrons. The summed E-state index contributed by atoms with van der Waals surface area (Å²) in [4.78, 5) is 2.41. The maximum Gasteiger partial charge on any atom is 0.0490 e. The molecule has 0 aliphatic heterocycles. The predicted octanol–water partition coefficient (Wildman–Crippen LogP) is 12.3. The minimum Gasteiger partial charge on any atom is -0.310 e. The van der Waals surface area contributed by atoms with Gasteiger partial charge in [-0.2, -0.15) is 0 Å². The average molecular weight is 576 g/mol. The minimum atomic E-state index is -0.189. The highest BCUT2D eigenvalue weighted by atomic mass is 15.1. The van der Waals surface area contributed by atoms with E-state index >= 15 is 0 Å². The number of hydrogen-bond donors (Lipinski definition) is 0. The van der Waals surface area contributed by atoms with Gasteiger partial charge in [-0.15, -0.1) is 0 Å². The van der Waals surface area contributed by atoms with Crippen molar-refractivity contribution in [2.75, 3.05) is 4.90 Å². The summed E-state index contributed by atoms with van der Waals surface area (Å²) in [7, 11) is 0. The highest BCUT2D eigenvalue weighted by Gasteiger charge is 2.39. The molecule has 0 N–H and O–H groups in total. The van der Waals surface area contributed by atoms with Gasteiger partial charge >= 0.3 is 0 Å². The van der Waals surface area contributed by atoms with Gasteiger partial charge in [-0.1, -0.05) is 123 Å². The lowest BCUT2D eigenvalue weighted by Crippen LogP contribution is -2.17. The molecule has 1 nitrogen and oxygen atoms in total. The van der Waals surface area contributed by atoms with Crippen molar-refractivity contribution in [1.82, 2.24) is 0 Å². The molecule has 8 aromatic carbocycles. The molecule has 0 spiro atoms. The van der Waals surface area contributed by atoms with E-state index in [2.05, 4.69) is 171 Å². The first-order valence-electron chi connectivity index (χ1n) is 15.9. The third kappa shape index (κ3) is 3.68. The molecule has 0 aromatic heterocycles. The van der Waals surface area contributed by atoms with Crippen LogP contribution in [0.4, 0.5) is 17.1 Å². The van der Waals surface area contributed by atoms with Crippen LogP contribution in [-0.2, 0) is 5.41 Å². The monoisotopic (exact) mass is 575 g/mol. The fourth-order valence-electron chi connectivity index (χ4n) is 8.08. The molecular formula is C44H33N. The third-order valence-corrected chi connectivity index (χ3v) is 10.1. The van der Waals surface area contributed by atoms with Crippen molar-refractivity contribution in [3.8, 4) is 22.3 Å². The van der Waals surface area contributed by atoms with E-state index in [1.165, 1.54) is 82.6 Å². The molecule has 45 heavy (non-hydrogen) atoms.